The molecule has 0 bridgehead atoms. The van der Waals surface area contributed by atoms with E-state index < -0.39 is 0 Å². The van der Waals surface area contributed by atoms with Crippen molar-refractivity contribution in [1.82, 2.24) is 19.6 Å². The van der Waals surface area contributed by atoms with E-state index in [1.165, 1.54) is 11.1 Å². The van der Waals surface area contributed by atoms with Crippen LogP contribution in [0.3, 0.4) is 0 Å². The van der Waals surface area contributed by atoms with Crippen molar-refractivity contribution in [1.29, 1.82) is 0 Å². The van der Waals surface area contributed by atoms with Crippen LogP contribution in [0.5, 0.6) is 0 Å². The summed E-state index contributed by atoms with van der Waals surface area (Å²) in [4.78, 5) is 17.8. The number of rotatable bonds is 7. The third-order valence-corrected chi connectivity index (χ3v) is 6.62. The molecule has 0 N–H and O–H groups in total. The van der Waals surface area contributed by atoms with Crippen molar-refractivity contribution < 1.29 is 9.53 Å². The molecule has 2 aliphatic heterocycles. The van der Waals surface area contributed by atoms with Gasteiger partial charge in [0.25, 0.3) is 5.91 Å². The van der Waals surface area contributed by atoms with Gasteiger partial charge in [0.2, 0.25) is 0 Å². The van der Waals surface area contributed by atoms with Gasteiger partial charge in [-0.15, -0.1) is 0 Å². The molecule has 1 aromatic carbocycles. The van der Waals surface area contributed by atoms with Crippen LogP contribution in [0.1, 0.15) is 47.3 Å². The standard InChI is InChI=1S/C24H34N4O2/c1-19-6-3-4-7-21(19)17-27-13-10-20(11-14-27)16-28(18-22-8-5-15-30-22)24(29)23-9-12-25-26(23)2/h3-4,6-7,9,12,20,22H,5,8,10-11,13-18H2,1-2H3/t22-/m0/s1. The molecule has 3 heterocycles. The molecule has 1 atom stereocenters. The maximum Gasteiger partial charge on any atom is 0.272 e. The number of hydrogen-bond acceptors (Lipinski definition) is 4. The molecule has 2 aliphatic rings. The monoisotopic (exact) mass is 410 g/mol. The van der Waals surface area contributed by atoms with E-state index in [0.717, 1.165) is 58.5 Å². The number of aromatic nitrogens is 2. The molecule has 4 rings (SSSR count). The summed E-state index contributed by atoms with van der Waals surface area (Å²) in [6.45, 7) is 7.70. The van der Waals surface area contributed by atoms with Gasteiger partial charge in [0.05, 0.1) is 6.10 Å². The smallest absolute Gasteiger partial charge is 0.272 e. The van der Waals surface area contributed by atoms with Crippen molar-refractivity contribution >= 4 is 5.91 Å². The van der Waals surface area contributed by atoms with Crippen LogP contribution in [0.15, 0.2) is 36.5 Å². The van der Waals surface area contributed by atoms with Gasteiger partial charge < -0.3 is 9.64 Å². The normalized spacial score (nSPS) is 20.5. The Morgan fingerprint density at radius 2 is 1.97 bits per heavy atom. The number of aryl methyl sites for hydroxylation is 2. The minimum atomic E-state index is 0.0767. The molecule has 0 aliphatic carbocycles. The van der Waals surface area contributed by atoms with E-state index in [9.17, 15) is 4.79 Å². The second-order valence-corrected chi connectivity index (χ2v) is 8.83. The second kappa shape index (κ2) is 9.75. The summed E-state index contributed by atoms with van der Waals surface area (Å²) >= 11 is 0. The Balaban J connectivity index is 1.35. The molecule has 162 valence electrons. The second-order valence-electron chi connectivity index (χ2n) is 8.83. The van der Waals surface area contributed by atoms with E-state index in [-0.39, 0.29) is 12.0 Å². The van der Waals surface area contributed by atoms with Crippen molar-refractivity contribution in [2.24, 2.45) is 13.0 Å². The first-order chi connectivity index (χ1) is 14.6. The zero-order valence-electron chi connectivity index (χ0n) is 18.3. The molecule has 0 spiro atoms. The van der Waals surface area contributed by atoms with Gasteiger partial charge in [-0.3, -0.25) is 14.4 Å². The van der Waals surface area contributed by atoms with Crippen LogP contribution in [-0.2, 0) is 18.3 Å². The third kappa shape index (κ3) is 5.10. The van der Waals surface area contributed by atoms with Crippen LogP contribution >= 0.6 is 0 Å². The molecular formula is C24H34N4O2. The van der Waals surface area contributed by atoms with Gasteiger partial charge in [-0.05, 0) is 68.8 Å². The van der Waals surface area contributed by atoms with Gasteiger partial charge in [-0.2, -0.15) is 5.10 Å². The molecule has 1 amide bonds. The number of likely N-dealkylation sites (tertiary alicyclic amines) is 1. The number of piperidine rings is 1. The van der Waals surface area contributed by atoms with Gasteiger partial charge in [0, 0.05) is 39.5 Å². The molecule has 0 radical (unpaired) electrons. The first kappa shape index (κ1) is 21.1. The summed E-state index contributed by atoms with van der Waals surface area (Å²) in [5, 5.41) is 4.19. The highest BCUT2D eigenvalue weighted by atomic mass is 16.5. The minimum Gasteiger partial charge on any atom is -0.376 e. The highest BCUT2D eigenvalue weighted by Gasteiger charge is 2.28. The van der Waals surface area contributed by atoms with E-state index in [1.807, 2.05) is 18.0 Å². The molecule has 0 saturated carbocycles. The third-order valence-electron chi connectivity index (χ3n) is 6.62. The molecule has 6 nitrogen and oxygen atoms in total. The Hall–Kier alpha value is -2.18. The van der Waals surface area contributed by atoms with Crippen LogP contribution < -0.4 is 0 Å². The number of ether oxygens (including phenoxy) is 1. The first-order valence-corrected chi connectivity index (χ1v) is 11.3. The fraction of sp³-hybridized carbons (Fsp3) is 0.583. The lowest BCUT2D eigenvalue weighted by Crippen LogP contribution is -2.44. The summed E-state index contributed by atoms with van der Waals surface area (Å²) in [7, 11) is 1.83. The van der Waals surface area contributed by atoms with Crippen LogP contribution in [0.25, 0.3) is 0 Å². The number of carbonyl (C=O) groups is 1. The number of amides is 1. The van der Waals surface area contributed by atoms with E-state index in [0.29, 0.717) is 18.2 Å². The minimum absolute atomic E-state index is 0.0767. The Bertz CT molecular complexity index is 835. The predicted molar refractivity (Wildman–Crippen MR) is 117 cm³/mol. The van der Waals surface area contributed by atoms with E-state index >= 15 is 0 Å². The summed E-state index contributed by atoms with van der Waals surface area (Å²) in [6, 6.07) is 10.5. The van der Waals surface area contributed by atoms with Crippen molar-refractivity contribution in [2.75, 3.05) is 32.8 Å². The SMILES string of the molecule is Cc1ccccc1CN1CCC(CN(C[C@@H]2CCCO2)C(=O)c2ccnn2C)CC1. The summed E-state index contributed by atoms with van der Waals surface area (Å²) < 4.78 is 7.52. The quantitative estimate of drug-likeness (QED) is 0.703. The highest BCUT2D eigenvalue weighted by molar-refractivity contribution is 5.92. The zero-order valence-corrected chi connectivity index (χ0v) is 18.3. The molecule has 30 heavy (non-hydrogen) atoms. The Labute approximate surface area is 179 Å². The average Bonchev–Trinajstić information content (AvgIpc) is 3.42. The van der Waals surface area contributed by atoms with E-state index in [1.54, 1.807) is 10.9 Å². The van der Waals surface area contributed by atoms with Crippen molar-refractivity contribution in [3.05, 3.63) is 53.3 Å². The number of benzene rings is 1. The molecule has 0 unspecified atom stereocenters. The van der Waals surface area contributed by atoms with Crippen LogP contribution in [0.2, 0.25) is 0 Å². The van der Waals surface area contributed by atoms with Crippen molar-refractivity contribution in [2.45, 2.75) is 45.3 Å². The van der Waals surface area contributed by atoms with Gasteiger partial charge >= 0.3 is 0 Å². The maximum atomic E-state index is 13.2. The lowest BCUT2D eigenvalue weighted by molar-refractivity contribution is 0.0437. The summed E-state index contributed by atoms with van der Waals surface area (Å²) in [6.07, 6.45) is 6.27. The van der Waals surface area contributed by atoms with E-state index in [4.69, 9.17) is 4.74 Å². The molecule has 1 aromatic heterocycles. The number of carbonyl (C=O) groups excluding carboxylic acids is 1. The number of hydrogen-bond donors (Lipinski definition) is 0. The van der Waals surface area contributed by atoms with Crippen LogP contribution in [0, 0.1) is 12.8 Å². The topological polar surface area (TPSA) is 50.6 Å². The molecular weight excluding hydrogens is 376 g/mol. The molecule has 2 aromatic rings. The fourth-order valence-corrected chi connectivity index (χ4v) is 4.69. The van der Waals surface area contributed by atoms with E-state index in [2.05, 4.69) is 41.2 Å². The summed E-state index contributed by atoms with van der Waals surface area (Å²) in [5.41, 5.74) is 3.44. The lowest BCUT2D eigenvalue weighted by atomic mass is 9.95. The van der Waals surface area contributed by atoms with Crippen LogP contribution in [0.4, 0.5) is 0 Å². The average molecular weight is 411 g/mol. The van der Waals surface area contributed by atoms with Gasteiger partial charge in [0.1, 0.15) is 5.69 Å². The summed E-state index contributed by atoms with van der Waals surface area (Å²) in [5.74, 6) is 0.615. The van der Waals surface area contributed by atoms with Crippen LogP contribution in [-0.4, -0.2) is 64.4 Å². The van der Waals surface area contributed by atoms with Crippen molar-refractivity contribution in [3.63, 3.8) is 0 Å². The van der Waals surface area contributed by atoms with Gasteiger partial charge in [0.15, 0.2) is 0 Å². The Kier molecular flexibility index (Phi) is 6.85. The molecule has 2 fully saturated rings. The predicted octanol–water partition coefficient (Wildman–Crippen LogP) is 3.26. The van der Waals surface area contributed by atoms with Crippen molar-refractivity contribution in [3.8, 4) is 0 Å². The molecule has 6 heteroatoms. The maximum absolute atomic E-state index is 13.2. The Morgan fingerprint density at radius 3 is 2.63 bits per heavy atom. The first-order valence-electron chi connectivity index (χ1n) is 11.3. The Morgan fingerprint density at radius 1 is 1.17 bits per heavy atom. The zero-order chi connectivity index (χ0) is 20.9. The lowest BCUT2D eigenvalue weighted by Gasteiger charge is -2.35. The van der Waals surface area contributed by atoms with Gasteiger partial charge in [-0.25, -0.2) is 0 Å². The number of nitrogens with zero attached hydrogens (tertiary/aromatic N) is 4. The van der Waals surface area contributed by atoms with Gasteiger partial charge in [-0.1, -0.05) is 24.3 Å². The fourth-order valence-electron chi connectivity index (χ4n) is 4.69. The largest absolute Gasteiger partial charge is 0.376 e. The highest BCUT2D eigenvalue weighted by Crippen LogP contribution is 2.23. The molecule has 2 saturated heterocycles.